The number of anilines is 3. The first kappa shape index (κ1) is 13.8. The molecule has 0 unspecified atom stereocenters. The van der Waals surface area contributed by atoms with E-state index in [0.717, 1.165) is 6.26 Å². The molecule has 2 rings (SSSR count). The molecule has 3 N–H and O–H groups in total. The lowest BCUT2D eigenvalue weighted by Gasteiger charge is -2.07. The normalized spacial score (nSPS) is 11.3. The maximum Gasteiger partial charge on any atom is 0.228 e. The fourth-order valence-electron chi connectivity index (χ4n) is 1.42. The number of nitrogen functional groups attached to an aromatic ring is 1. The molecule has 0 aliphatic heterocycles. The Balaban J connectivity index is 2.37. The predicted octanol–water partition coefficient (Wildman–Crippen LogP) is 1.97. The van der Waals surface area contributed by atoms with Gasteiger partial charge in [-0.05, 0) is 34.1 Å². The number of aromatic nitrogens is 2. The largest absolute Gasteiger partial charge is 0.399 e. The predicted molar refractivity (Wildman–Crippen MR) is 77.0 cm³/mol. The third kappa shape index (κ3) is 3.42. The molecular weight excluding hydrogens is 332 g/mol. The van der Waals surface area contributed by atoms with Crippen LogP contribution in [0.4, 0.5) is 17.3 Å². The van der Waals surface area contributed by atoms with Crippen molar-refractivity contribution in [1.29, 1.82) is 0 Å². The Morgan fingerprint density at radius 2 is 2.11 bits per heavy atom. The number of nitrogens with zero attached hydrogens (tertiary/aromatic N) is 2. The molecule has 0 amide bonds. The number of hydrogen-bond donors (Lipinski definition) is 2. The van der Waals surface area contributed by atoms with Crippen LogP contribution in [0.25, 0.3) is 0 Å². The van der Waals surface area contributed by atoms with Crippen molar-refractivity contribution in [2.45, 2.75) is 5.03 Å². The molecule has 1 aromatic carbocycles. The van der Waals surface area contributed by atoms with Gasteiger partial charge in [-0.3, -0.25) is 0 Å². The smallest absolute Gasteiger partial charge is 0.228 e. The van der Waals surface area contributed by atoms with Gasteiger partial charge in [0.05, 0.1) is 4.47 Å². The SMILES string of the molecule is CS(=O)(=O)c1nc(Nc2cccc(N)c2)ncc1Br. The molecule has 100 valence electrons. The second-order valence-electron chi connectivity index (χ2n) is 3.87. The summed E-state index contributed by atoms with van der Waals surface area (Å²) >= 11 is 3.11. The fraction of sp³-hybridized carbons (Fsp3) is 0.0909. The third-order valence-corrected chi connectivity index (χ3v) is 4.06. The van der Waals surface area contributed by atoms with Crippen molar-refractivity contribution >= 4 is 43.1 Å². The summed E-state index contributed by atoms with van der Waals surface area (Å²) in [4.78, 5) is 7.97. The summed E-state index contributed by atoms with van der Waals surface area (Å²) < 4.78 is 23.4. The van der Waals surface area contributed by atoms with Crippen molar-refractivity contribution < 1.29 is 8.42 Å². The minimum Gasteiger partial charge on any atom is -0.399 e. The van der Waals surface area contributed by atoms with E-state index in [0.29, 0.717) is 15.8 Å². The van der Waals surface area contributed by atoms with Gasteiger partial charge in [-0.15, -0.1) is 0 Å². The molecule has 6 nitrogen and oxygen atoms in total. The zero-order valence-electron chi connectivity index (χ0n) is 9.96. The summed E-state index contributed by atoms with van der Waals surface area (Å²) in [6, 6.07) is 7.00. The van der Waals surface area contributed by atoms with Crippen molar-refractivity contribution in [1.82, 2.24) is 9.97 Å². The molecule has 0 fully saturated rings. The fourth-order valence-corrected chi connectivity index (χ4v) is 3.15. The quantitative estimate of drug-likeness (QED) is 0.653. The highest BCUT2D eigenvalue weighted by Crippen LogP contribution is 2.22. The summed E-state index contributed by atoms with van der Waals surface area (Å²) in [6.45, 7) is 0. The van der Waals surface area contributed by atoms with Crippen LogP contribution in [-0.2, 0) is 9.84 Å². The maximum atomic E-state index is 11.5. The van der Waals surface area contributed by atoms with Crippen molar-refractivity contribution in [3.8, 4) is 0 Å². The highest BCUT2D eigenvalue weighted by Gasteiger charge is 2.15. The van der Waals surface area contributed by atoms with E-state index in [1.807, 2.05) is 0 Å². The highest BCUT2D eigenvalue weighted by molar-refractivity contribution is 9.10. The van der Waals surface area contributed by atoms with Crippen LogP contribution in [0.15, 0.2) is 40.0 Å². The van der Waals surface area contributed by atoms with Crippen LogP contribution < -0.4 is 11.1 Å². The Kier molecular flexibility index (Phi) is 3.72. The van der Waals surface area contributed by atoms with Gasteiger partial charge in [0.1, 0.15) is 0 Å². The molecule has 2 aromatic rings. The Morgan fingerprint density at radius 1 is 1.37 bits per heavy atom. The lowest BCUT2D eigenvalue weighted by molar-refractivity contribution is 0.597. The number of nitrogens with one attached hydrogen (secondary N) is 1. The summed E-state index contributed by atoms with van der Waals surface area (Å²) in [5.74, 6) is 0.189. The average molecular weight is 343 g/mol. The second kappa shape index (κ2) is 5.14. The Labute approximate surface area is 119 Å². The molecule has 0 saturated heterocycles. The van der Waals surface area contributed by atoms with Gasteiger partial charge < -0.3 is 11.1 Å². The monoisotopic (exact) mass is 342 g/mol. The number of sulfone groups is 1. The number of benzene rings is 1. The van der Waals surface area contributed by atoms with E-state index in [1.165, 1.54) is 6.20 Å². The number of rotatable bonds is 3. The minimum absolute atomic E-state index is 0.0612. The van der Waals surface area contributed by atoms with E-state index in [1.54, 1.807) is 24.3 Å². The first-order valence-corrected chi connectivity index (χ1v) is 7.90. The summed E-state index contributed by atoms with van der Waals surface area (Å²) in [5, 5.41) is 2.84. The molecule has 19 heavy (non-hydrogen) atoms. The van der Waals surface area contributed by atoms with Gasteiger partial charge in [-0.2, -0.15) is 4.98 Å². The average Bonchev–Trinajstić information content (AvgIpc) is 2.30. The standard InChI is InChI=1S/C11H11BrN4O2S/c1-19(17,18)10-9(12)6-14-11(16-10)15-8-4-2-3-7(13)5-8/h2-6H,13H2,1H3,(H,14,15,16). The molecule has 0 bridgehead atoms. The van der Waals surface area contributed by atoms with Gasteiger partial charge in [-0.25, -0.2) is 13.4 Å². The van der Waals surface area contributed by atoms with Gasteiger partial charge in [0.2, 0.25) is 5.95 Å². The van der Waals surface area contributed by atoms with Crippen LogP contribution in [0.3, 0.4) is 0 Å². The minimum atomic E-state index is -3.42. The Bertz CT molecular complexity index is 718. The lowest BCUT2D eigenvalue weighted by atomic mass is 10.3. The lowest BCUT2D eigenvalue weighted by Crippen LogP contribution is -2.06. The highest BCUT2D eigenvalue weighted by atomic mass is 79.9. The molecule has 0 radical (unpaired) electrons. The van der Waals surface area contributed by atoms with Gasteiger partial charge in [0.15, 0.2) is 14.9 Å². The molecule has 0 aliphatic rings. The number of halogens is 1. The van der Waals surface area contributed by atoms with Crippen molar-refractivity contribution in [2.24, 2.45) is 0 Å². The van der Waals surface area contributed by atoms with E-state index in [9.17, 15) is 8.42 Å². The molecule has 1 aromatic heterocycles. The second-order valence-corrected chi connectivity index (χ2v) is 6.65. The van der Waals surface area contributed by atoms with Gasteiger partial charge in [-0.1, -0.05) is 6.07 Å². The van der Waals surface area contributed by atoms with Crippen LogP contribution in [0.1, 0.15) is 0 Å². The van der Waals surface area contributed by atoms with E-state index in [2.05, 4.69) is 31.2 Å². The zero-order valence-corrected chi connectivity index (χ0v) is 12.4. The topological polar surface area (TPSA) is 98.0 Å². The van der Waals surface area contributed by atoms with Crippen LogP contribution in [-0.4, -0.2) is 24.6 Å². The Morgan fingerprint density at radius 3 is 2.74 bits per heavy atom. The van der Waals surface area contributed by atoms with Crippen LogP contribution in [0.2, 0.25) is 0 Å². The summed E-state index contributed by atoms with van der Waals surface area (Å²) in [7, 11) is -3.42. The van der Waals surface area contributed by atoms with Crippen molar-refractivity contribution in [2.75, 3.05) is 17.3 Å². The van der Waals surface area contributed by atoms with Gasteiger partial charge >= 0.3 is 0 Å². The van der Waals surface area contributed by atoms with Crippen LogP contribution in [0.5, 0.6) is 0 Å². The van der Waals surface area contributed by atoms with Crippen molar-refractivity contribution in [3.05, 3.63) is 34.9 Å². The molecule has 0 atom stereocenters. The third-order valence-electron chi connectivity index (χ3n) is 2.21. The first-order valence-electron chi connectivity index (χ1n) is 5.21. The molecule has 1 heterocycles. The summed E-state index contributed by atoms with van der Waals surface area (Å²) in [5.41, 5.74) is 6.92. The van der Waals surface area contributed by atoms with E-state index >= 15 is 0 Å². The van der Waals surface area contributed by atoms with E-state index < -0.39 is 9.84 Å². The first-order chi connectivity index (χ1) is 8.86. The maximum absolute atomic E-state index is 11.5. The molecule has 8 heteroatoms. The molecule has 0 saturated carbocycles. The molecule has 0 spiro atoms. The Hall–Kier alpha value is -1.67. The van der Waals surface area contributed by atoms with E-state index in [-0.39, 0.29) is 11.0 Å². The van der Waals surface area contributed by atoms with Gasteiger partial charge in [0, 0.05) is 23.8 Å². The van der Waals surface area contributed by atoms with E-state index in [4.69, 9.17) is 5.73 Å². The molecule has 0 aliphatic carbocycles. The summed E-state index contributed by atoms with van der Waals surface area (Å²) in [6.07, 6.45) is 2.47. The van der Waals surface area contributed by atoms with Gasteiger partial charge in [0.25, 0.3) is 0 Å². The van der Waals surface area contributed by atoms with Crippen LogP contribution in [0, 0.1) is 0 Å². The zero-order chi connectivity index (χ0) is 14.0. The van der Waals surface area contributed by atoms with Crippen LogP contribution >= 0.6 is 15.9 Å². The number of hydrogen-bond acceptors (Lipinski definition) is 6. The number of nitrogens with two attached hydrogens (primary N) is 1. The molecular formula is C11H11BrN4O2S. The van der Waals surface area contributed by atoms with Crippen molar-refractivity contribution in [3.63, 3.8) is 0 Å².